The maximum Gasteiger partial charge on any atom is 0.0269 e. The van der Waals surface area contributed by atoms with Gasteiger partial charge in [-0.25, -0.2) is 0 Å². The fourth-order valence-electron chi connectivity index (χ4n) is 3.06. The molecule has 0 aliphatic carbocycles. The van der Waals surface area contributed by atoms with Crippen molar-refractivity contribution in [2.75, 3.05) is 19.6 Å². The van der Waals surface area contributed by atoms with Crippen LogP contribution in [-0.4, -0.2) is 36.6 Å². The highest BCUT2D eigenvalue weighted by Gasteiger charge is 2.38. The molecular formula is C17H36N2. The average Bonchev–Trinajstić information content (AvgIpc) is 2.26. The quantitative estimate of drug-likeness (QED) is 0.778. The molecule has 0 aromatic heterocycles. The van der Waals surface area contributed by atoms with Crippen molar-refractivity contribution in [3.8, 4) is 0 Å². The van der Waals surface area contributed by atoms with Crippen molar-refractivity contribution >= 4 is 0 Å². The van der Waals surface area contributed by atoms with Gasteiger partial charge < -0.3 is 5.32 Å². The lowest BCUT2D eigenvalue weighted by Crippen LogP contribution is -2.63. The second-order valence-corrected chi connectivity index (χ2v) is 8.41. The third-order valence-electron chi connectivity index (χ3n) is 4.51. The Morgan fingerprint density at radius 1 is 1.00 bits per heavy atom. The fraction of sp³-hybridized carbons (Fsp3) is 1.00. The molecule has 114 valence electrons. The van der Waals surface area contributed by atoms with Crippen LogP contribution in [-0.2, 0) is 0 Å². The molecule has 0 amide bonds. The van der Waals surface area contributed by atoms with Crippen LogP contribution >= 0.6 is 0 Å². The Bertz CT molecular complexity index is 259. The number of nitrogens with one attached hydrogen (secondary N) is 1. The third kappa shape index (κ3) is 5.07. The van der Waals surface area contributed by atoms with E-state index in [0.29, 0.717) is 22.9 Å². The van der Waals surface area contributed by atoms with Gasteiger partial charge in [0.15, 0.2) is 0 Å². The Morgan fingerprint density at radius 3 is 2.11 bits per heavy atom. The summed E-state index contributed by atoms with van der Waals surface area (Å²) in [6.07, 6.45) is 4.02. The Morgan fingerprint density at radius 2 is 1.63 bits per heavy atom. The van der Waals surface area contributed by atoms with Crippen LogP contribution in [0.1, 0.15) is 67.7 Å². The van der Waals surface area contributed by atoms with E-state index in [-0.39, 0.29) is 0 Å². The van der Waals surface area contributed by atoms with Gasteiger partial charge >= 0.3 is 0 Å². The van der Waals surface area contributed by atoms with E-state index >= 15 is 0 Å². The first-order valence-corrected chi connectivity index (χ1v) is 8.13. The first-order chi connectivity index (χ1) is 8.66. The van der Waals surface area contributed by atoms with Crippen LogP contribution in [0.4, 0.5) is 0 Å². The van der Waals surface area contributed by atoms with Crippen LogP contribution in [0.2, 0.25) is 0 Å². The topological polar surface area (TPSA) is 15.3 Å². The maximum atomic E-state index is 3.79. The zero-order chi connectivity index (χ0) is 14.7. The van der Waals surface area contributed by atoms with Crippen molar-refractivity contribution in [3.05, 3.63) is 0 Å². The van der Waals surface area contributed by atoms with Gasteiger partial charge in [-0.05, 0) is 23.8 Å². The summed E-state index contributed by atoms with van der Waals surface area (Å²) in [5.74, 6) is 0. The number of piperazine rings is 1. The number of nitrogens with zero attached hydrogens (tertiary/aromatic N) is 1. The van der Waals surface area contributed by atoms with E-state index in [9.17, 15) is 0 Å². The molecule has 2 nitrogen and oxygen atoms in total. The van der Waals surface area contributed by atoms with Gasteiger partial charge in [0, 0.05) is 25.2 Å². The first kappa shape index (κ1) is 17.0. The van der Waals surface area contributed by atoms with Crippen molar-refractivity contribution in [3.63, 3.8) is 0 Å². The minimum atomic E-state index is 0.353. The Balaban J connectivity index is 2.69. The van der Waals surface area contributed by atoms with E-state index in [1.54, 1.807) is 0 Å². The van der Waals surface area contributed by atoms with E-state index in [2.05, 4.69) is 58.7 Å². The van der Waals surface area contributed by atoms with Gasteiger partial charge in [-0.15, -0.1) is 0 Å². The molecule has 1 rings (SSSR count). The minimum Gasteiger partial charge on any atom is -0.311 e. The molecule has 1 fully saturated rings. The molecule has 1 N–H and O–H groups in total. The summed E-state index contributed by atoms with van der Waals surface area (Å²) in [7, 11) is 0. The van der Waals surface area contributed by atoms with Crippen molar-refractivity contribution < 1.29 is 0 Å². The predicted octanol–water partition coefficient (Wildman–Crippen LogP) is 3.91. The van der Waals surface area contributed by atoms with Crippen LogP contribution in [0.5, 0.6) is 0 Å². The Labute approximate surface area is 121 Å². The molecule has 1 saturated heterocycles. The van der Waals surface area contributed by atoms with E-state index in [1.807, 2.05) is 0 Å². The number of hydrogen-bond acceptors (Lipinski definition) is 2. The molecule has 19 heavy (non-hydrogen) atoms. The van der Waals surface area contributed by atoms with Crippen molar-refractivity contribution in [1.29, 1.82) is 0 Å². The molecule has 1 aliphatic rings. The van der Waals surface area contributed by atoms with E-state index < -0.39 is 0 Å². The zero-order valence-electron chi connectivity index (χ0n) is 14.3. The summed E-state index contributed by atoms with van der Waals surface area (Å²) in [4.78, 5) is 2.75. The van der Waals surface area contributed by atoms with Gasteiger partial charge in [0.1, 0.15) is 0 Å². The smallest absolute Gasteiger partial charge is 0.0269 e. The third-order valence-corrected chi connectivity index (χ3v) is 4.51. The molecular weight excluding hydrogens is 232 g/mol. The van der Waals surface area contributed by atoms with Gasteiger partial charge in [-0.1, -0.05) is 61.3 Å². The Kier molecular flexibility index (Phi) is 5.88. The molecule has 0 aromatic rings. The van der Waals surface area contributed by atoms with Crippen LogP contribution in [0.15, 0.2) is 0 Å². The maximum absolute atomic E-state index is 3.79. The van der Waals surface area contributed by atoms with Crippen molar-refractivity contribution in [1.82, 2.24) is 10.2 Å². The monoisotopic (exact) mass is 268 g/mol. The van der Waals surface area contributed by atoms with Gasteiger partial charge in [-0.3, -0.25) is 4.90 Å². The summed E-state index contributed by atoms with van der Waals surface area (Å²) in [6, 6.07) is 1.29. The van der Waals surface area contributed by atoms with E-state index in [0.717, 1.165) is 6.54 Å². The standard InChI is InChI=1S/C17H36N2/c1-8-9-10-11-19-13-14(16(2,3)4)18-12-15(19)17(5,6)7/h14-15,18H,8-13H2,1-7H3. The normalized spacial score (nSPS) is 26.7. The molecule has 2 unspecified atom stereocenters. The highest BCUT2D eigenvalue weighted by Crippen LogP contribution is 2.30. The van der Waals surface area contributed by atoms with Gasteiger partial charge in [0.05, 0.1) is 0 Å². The molecule has 0 bridgehead atoms. The number of unbranched alkanes of at least 4 members (excludes halogenated alkanes) is 2. The Hall–Kier alpha value is -0.0800. The number of rotatable bonds is 4. The molecule has 2 heteroatoms. The lowest BCUT2D eigenvalue weighted by atomic mass is 9.79. The predicted molar refractivity (Wildman–Crippen MR) is 85.6 cm³/mol. The molecule has 1 heterocycles. The molecule has 0 aromatic carbocycles. The summed E-state index contributed by atoms with van der Waals surface area (Å²) >= 11 is 0. The molecule has 0 saturated carbocycles. The van der Waals surface area contributed by atoms with E-state index in [1.165, 1.54) is 32.4 Å². The first-order valence-electron chi connectivity index (χ1n) is 8.13. The molecule has 2 atom stereocenters. The van der Waals surface area contributed by atoms with Gasteiger partial charge in [-0.2, -0.15) is 0 Å². The highest BCUT2D eigenvalue weighted by molar-refractivity contribution is 4.95. The molecule has 1 aliphatic heterocycles. The highest BCUT2D eigenvalue weighted by atomic mass is 15.2. The lowest BCUT2D eigenvalue weighted by molar-refractivity contribution is 0.0295. The van der Waals surface area contributed by atoms with Crippen molar-refractivity contribution in [2.45, 2.75) is 79.8 Å². The summed E-state index contributed by atoms with van der Waals surface area (Å²) in [5.41, 5.74) is 0.716. The largest absolute Gasteiger partial charge is 0.311 e. The second-order valence-electron chi connectivity index (χ2n) is 8.41. The van der Waals surface area contributed by atoms with Gasteiger partial charge in [0.25, 0.3) is 0 Å². The van der Waals surface area contributed by atoms with Crippen LogP contribution in [0, 0.1) is 10.8 Å². The lowest BCUT2D eigenvalue weighted by Gasteiger charge is -2.49. The van der Waals surface area contributed by atoms with Crippen LogP contribution in [0.3, 0.4) is 0 Å². The van der Waals surface area contributed by atoms with Crippen LogP contribution in [0.25, 0.3) is 0 Å². The summed E-state index contributed by atoms with van der Waals surface area (Å²) in [5, 5.41) is 3.79. The average molecular weight is 268 g/mol. The SMILES string of the molecule is CCCCCN1CC(C(C)(C)C)NCC1C(C)(C)C. The second kappa shape index (κ2) is 6.58. The zero-order valence-corrected chi connectivity index (χ0v) is 14.3. The van der Waals surface area contributed by atoms with Gasteiger partial charge in [0.2, 0.25) is 0 Å². The molecule has 0 radical (unpaired) electrons. The van der Waals surface area contributed by atoms with E-state index in [4.69, 9.17) is 0 Å². The summed E-state index contributed by atoms with van der Waals surface area (Å²) < 4.78 is 0. The summed E-state index contributed by atoms with van der Waals surface area (Å²) in [6.45, 7) is 20.1. The number of hydrogen-bond donors (Lipinski definition) is 1. The fourth-order valence-corrected chi connectivity index (χ4v) is 3.06. The minimum absolute atomic E-state index is 0.353. The van der Waals surface area contributed by atoms with Crippen LogP contribution < -0.4 is 5.32 Å². The van der Waals surface area contributed by atoms with Crippen molar-refractivity contribution in [2.24, 2.45) is 10.8 Å². The molecule has 0 spiro atoms.